The third kappa shape index (κ3) is 3.93. The van der Waals surface area contributed by atoms with Crippen molar-refractivity contribution in [3.8, 4) is 0 Å². The fourth-order valence-electron chi connectivity index (χ4n) is 2.95. The highest BCUT2D eigenvalue weighted by Gasteiger charge is 2.29. The molecule has 2 aromatic rings. The summed E-state index contributed by atoms with van der Waals surface area (Å²) < 4.78 is 8.25. The molecule has 0 aliphatic heterocycles. The smallest absolute Gasteiger partial charge is 0.209 e. The zero-order valence-electron chi connectivity index (χ0n) is 17.0. The number of fused-ring (bicyclic) bond motifs is 1. The maximum Gasteiger partial charge on any atom is 0.209 e. The number of rotatable bonds is 6. The number of pyridine rings is 1. The molecular weight excluding hydrogens is 324 g/mol. The topological polar surface area (TPSA) is 52.0 Å². The van der Waals surface area contributed by atoms with E-state index in [1.54, 1.807) is 0 Å². The van der Waals surface area contributed by atoms with Gasteiger partial charge in [-0.05, 0) is 58.6 Å². The van der Waals surface area contributed by atoms with Gasteiger partial charge in [0.05, 0.1) is 12.2 Å². The van der Waals surface area contributed by atoms with Gasteiger partial charge in [-0.1, -0.05) is 20.4 Å². The van der Waals surface area contributed by atoms with E-state index < -0.39 is 0 Å². The van der Waals surface area contributed by atoms with Gasteiger partial charge in [0.25, 0.3) is 0 Å². The van der Waals surface area contributed by atoms with Crippen LogP contribution in [0.1, 0.15) is 65.5 Å². The molecule has 0 spiro atoms. The summed E-state index contributed by atoms with van der Waals surface area (Å²) in [6.45, 7) is 17.4. The van der Waals surface area contributed by atoms with Gasteiger partial charge < -0.3 is 10.1 Å². The Morgan fingerprint density at radius 2 is 2.00 bits per heavy atom. The second kappa shape index (κ2) is 6.69. The molecule has 5 nitrogen and oxygen atoms in total. The van der Waals surface area contributed by atoms with Crippen LogP contribution in [0.15, 0.2) is 24.5 Å². The summed E-state index contributed by atoms with van der Waals surface area (Å²) in [5.74, 6) is 0.844. The van der Waals surface area contributed by atoms with E-state index in [2.05, 4.69) is 62.1 Å². The van der Waals surface area contributed by atoms with Crippen LogP contribution in [0.5, 0.6) is 0 Å². The summed E-state index contributed by atoms with van der Waals surface area (Å²) in [4.78, 5) is 9.47. The third-order valence-corrected chi connectivity index (χ3v) is 5.05. The van der Waals surface area contributed by atoms with E-state index in [1.807, 2.05) is 13.1 Å². The number of aromatic nitrogens is 3. The first-order chi connectivity index (χ1) is 12.1. The first-order valence-electron chi connectivity index (χ1n) is 9.52. The summed E-state index contributed by atoms with van der Waals surface area (Å²) in [5, 5.41) is 3.48. The van der Waals surface area contributed by atoms with E-state index in [4.69, 9.17) is 9.72 Å². The minimum absolute atomic E-state index is 0.169. The van der Waals surface area contributed by atoms with Crippen LogP contribution in [-0.4, -0.2) is 26.7 Å². The van der Waals surface area contributed by atoms with Crippen LogP contribution >= 0.6 is 0 Å². The number of anilines is 1. The molecule has 0 bridgehead atoms. The van der Waals surface area contributed by atoms with E-state index in [0.717, 1.165) is 28.4 Å². The van der Waals surface area contributed by atoms with Gasteiger partial charge in [-0.2, -0.15) is 0 Å². The van der Waals surface area contributed by atoms with E-state index >= 15 is 0 Å². The van der Waals surface area contributed by atoms with E-state index in [1.165, 1.54) is 19.3 Å². The van der Waals surface area contributed by atoms with Gasteiger partial charge >= 0.3 is 0 Å². The van der Waals surface area contributed by atoms with Crippen LogP contribution in [0.4, 0.5) is 5.95 Å². The molecule has 1 aliphatic carbocycles. The van der Waals surface area contributed by atoms with Crippen LogP contribution in [0.2, 0.25) is 0 Å². The second-order valence-corrected chi connectivity index (χ2v) is 9.13. The number of hydrogen-bond acceptors (Lipinski definition) is 4. The monoisotopic (exact) mass is 356 g/mol. The molecule has 0 saturated heterocycles. The number of ether oxygens (including phenoxy) is 1. The van der Waals surface area contributed by atoms with Crippen molar-refractivity contribution in [1.29, 1.82) is 0 Å². The normalized spacial score (nSPS) is 15.9. The van der Waals surface area contributed by atoms with E-state index in [-0.39, 0.29) is 11.0 Å². The molecule has 1 N–H and O–H groups in total. The lowest BCUT2D eigenvalue weighted by Gasteiger charge is -2.33. The first kappa shape index (κ1) is 18.9. The fourth-order valence-corrected chi connectivity index (χ4v) is 2.95. The molecule has 26 heavy (non-hydrogen) atoms. The zero-order chi connectivity index (χ0) is 19.1. The molecule has 1 fully saturated rings. The Balaban J connectivity index is 1.86. The Bertz CT molecular complexity index is 809. The van der Waals surface area contributed by atoms with Crippen molar-refractivity contribution < 1.29 is 4.74 Å². The largest absolute Gasteiger partial charge is 0.375 e. The SMILES string of the molecule is C=C(Nc1nc2cc(C)cnc2n1C1CCC1)C(C)(C)COC(C)(C)C. The van der Waals surface area contributed by atoms with Crippen molar-refractivity contribution >= 4 is 17.1 Å². The number of aryl methyl sites for hydroxylation is 1. The van der Waals surface area contributed by atoms with Crippen molar-refractivity contribution in [3.05, 3.63) is 30.1 Å². The maximum atomic E-state index is 6.00. The van der Waals surface area contributed by atoms with Gasteiger partial charge in [0, 0.05) is 23.4 Å². The molecule has 0 atom stereocenters. The molecule has 3 rings (SSSR count). The molecule has 5 heteroatoms. The predicted molar refractivity (Wildman–Crippen MR) is 107 cm³/mol. The van der Waals surface area contributed by atoms with Crippen molar-refractivity contribution in [2.45, 2.75) is 72.4 Å². The second-order valence-electron chi connectivity index (χ2n) is 9.13. The Morgan fingerprint density at radius 3 is 2.58 bits per heavy atom. The molecule has 0 radical (unpaired) electrons. The summed E-state index contributed by atoms with van der Waals surface area (Å²) in [6, 6.07) is 2.57. The Morgan fingerprint density at radius 1 is 1.31 bits per heavy atom. The Hall–Kier alpha value is -1.88. The molecule has 2 aromatic heterocycles. The van der Waals surface area contributed by atoms with Crippen molar-refractivity contribution in [3.63, 3.8) is 0 Å². The lowest BCUT2D eigenvalue weighted by molar-refractivity contribution is -0.0337. The van der Waals surface area contributed by atoms with Crippen LogP contribution in [-0.2, 0) is 4.74 Å². The van der Waals surface area contributed by atoms with Gasteiger partial charge in [-0.15, -0.1) is 0 Å². The highest BCUT2D eigenvalue weighted by Crippen LogP contribution is 2.38. The van der Waals surface area contributed by atoms with Crippen molar-refractivity contribution in [2.75, 3.05) is 11.9 Å². The molecular formula is C21H32N4O. The molecule has 1 saturated carbocycles. The number of nitrogens with zero attached hydrogens (tertiary/aromatic N) is 3. The van der Waals surface area contributed by atoms with Crippen molar-refractivity contribution in [2.24, 2.45) is 5.41 Å². The third-order valence-electron chi connectivity index (χ3n) is 5.05. The minimum atomic E-state index is -0.209. The molecule has 0 unspecified atom stereocenters. The molecule has 2 heterocycles. The molecule has 0 amide bonds. The van der Waals surface area contributed by atoms with Crippen LogP contribution in [0, 0.1) is 12.3 Å². The summed E-state index contributed by atoms with van der Waals surface area (Å²) in [6.07, 6.45) is 5.54. The quantitative estimate of drug-likeness (QED) is 0.770. The number of hydrogen-bond donors (Lipinski definition) is 1. The summed E-state index contributed by atoms with van der Waals surface area (Å²) in [7, 11) is 0. The number of nitrogens with one attached hydrogen (secondary N) is 1. The standard InChI is InChI=1S/C21H32N4O/c1-14-11-17-18(22-12-14)25(16-9-8-10-16)19(24-17)23-15(2)21(6,7)13-26-20(3,4)5/h11-12,16H,2,8-10,13H2,1,3-7H3,(H,23,24). The molecule has 0 aromatic carbocycles. The highest BCUT2D eigenvalue weighted by molar-refractivity contribution is 5.76. The lowest BCUT2D eigenvalue weighted by atomic mass is 9.90. The zero-order valence-corrected chi connectivity index (χ0v) is 17.0. The average molecular weight is 357 g/mol. The van der Waals surface area contributed by atoms with Crippen LogP contribution in [0.3, 0.4) is 0 Å². The fraction of sp³-hybridized carbons (Fsp3) is 0.619. The van der Waals surface area contributed by atoms with Crippen LogP contribution < -0.4 is 5.32 Å². The van der Waals surface area contributed by atoms with Crippen molar-refractivity contribution in [1.82, 2.24) is 14.5 Å². The number of imidazole rings is 1. The van der Waals surface area contributed by atoms with Crippen LogP contribution in [0.25, 0.3) is 11.2 Å². The predicted octanol–water partition coefficient (Wildman–Crippen LogP) is 5.23. The maximum absolute atomic E-state index is 6.00. The minimum Gasteiger partial charge on any atom is -0.375 e. The summed E-state index contributed by atoms with van der Waals surface area (Å²) >= 11 is 0. The lowest BCUT2D eigenvalue weighted by Crippen LogP contribution is -2.32. The van der Waals surface area contributed by atoms with Gasteiger partial charge in [0.15, 0.2) is 5.65 Å². The average Bonchev–Trinajstić information content (AvgIpc) is 2.80. The summed E-state index contributed by atoms with van der Waals surface area (Å²) in [5.41, 5.74) is 3.56. The molecule has 1 aliphatic rings. The molecule has 142 valence electrons. The van der Waals surface area contributed by atoms with E-state index in [9.17, 15) is 0 Å². The van der Waals surface area contributed by atoms with Gasteiger partial charge in [-0.25, -0.2) is 9.97 Å². The Kier molecular flexibility index (Phi) is 4.86. The first-order valence-corrected chi connectivity index (χ1v) is 9.52. The van der Waals surface area contributed by atoms with Gasteiger partial charge in [0.1, 0.15) is 5.52 Å². The highest BCUT2D eigenvalue weighted by atomic mass is 16.5. The Labute approximate surface area is 156 Å². The van der Waals surface area contributed by atoms with Gasteiger partial charge in [0.2, 0.25) is 5.95 Å². The van der Waals surface area contributed by atoms with Gasteiger partial charge in [-0.3, -0.25) is 4.57 Å². The van der Waals surface area contributed by atoms with E-state index in [0.29, 0.717) is 12.6 Å².